The molecular formula is C10H15N3OS. The van der Waals surface area contributed by atoms with E-state index in [-0.39, 0.29) is 0 Å². The fourth-order valence-corrected chi connectivity index (χ4v) is 1.33. The number of nitrogens with two attached hydrogens (primary N) is 1. The van der Waals surface area contributed by atoms with Crippen molar-refractivity contribution in [3.05, 3.63) is 23.4 Å². The molecule has 4 nitrogen and oxygen atoms in total. The molecule has 0 radical (unpaired) electrons. The summed E-state index contributed by atoms with van der Waals surface area (Å²) < 4.78 is 4.94. The fourth-order valence-electron chi connectivity index (χ4n) is 1.16. The Labute approximate surface area is 94.8 Å². The number of rotatable bonds is 5. The molecule has 0 aliphatic heterocycles. The van der Waals surface area contributed by atoms with E-state index in [2.05, 4.69) is 10.3 Å². The van der Waals surface area contributed by atoms with E-state index >= 15 is 0 Å². The summed E-state index contributed by atoms with van der Waals surface area (Å²) in [5.41, 5.74) is 7.29. The standard InChI is InChI=1S/C10H15N3OS/c1-7-3-4-8(9(11)15)10(13-7)12-5-6-14-2/h3-4H,5-6H2,1-2H3,(H2,11,15)(H,12,13). The summed E-state index contributed by atoms with van der Waals surface area (Å²) in [7, 11) is 1.65. The zero-order valence-corrected chi connectivity index (χ0v) is 9.73. The first-order chi connectivity index (χ1) is 7.15. The molecule has 82 valence electrons. The van der Waals surface area contributed by atoms with E-state index in [0.29, 0.717) is 18.1 Å². The van der Waals surface area contributed by atoms with Gasteiger partial charge >= 0.3 is 0 Å². The molecule has 0 aliphatic carbocycles. The normalized spacial score (nSPS) is 10.0. The zero-order valence-electron chi connectivity index (χ0n) is 8.91. The number of aryl methyl sites for hydroxylation is 1. The van der Waals surface area contributed by atoms with Gasteiger partial charge in [0.2, 0.25) is 0 Å². The maximum atomic E-state index is 5.59. The summed E-state index contributed by atoms with van der Waals surface area (Å²) in [6.07, 6.45) is 0. The Morgan fingerprint density at radius 3 is 2.93 bits per heavy atom. The number of anilines is 1. The number of methoxy groups -OCH3 is 1. The quantitative estimate of drug-likeness (QED) is 0.580. The lowest BCUT2D eigenvalue weighted by molar-refractivity contribution is 0.210. The number of hydrogen-bond donors (Lipinski definition) is 2. The minimum Gasteiger partial charge on any atom is -0.389 e. The number of pyridine rings is 1. The molecule has 0 aromatic carbocycles. The zero-order chi connectivity index (χ0) is 11.3. The number of hydrogen-bond acceptors (Lipinski definition) is 4. The Kier molecular flexibility index (Phi) is 4.45. The molecule has 0 unspecified atom stereocenters. The van der Waals surface area contributed by atoms with Gasteiger partial charge in [-0.05, 0) is 19.1 Å². The fraction of sp³-hybridized carbons (Fsp3) is 0.400. The molecule has 1 heterocycles. The van der Waals surface area contributed by atoms with Gasteiger partial charge in [-0.3, -0.25) is 0 Å². The van der Waals surface area contributed by atoms with Gasteiger partial charge < -0.3 is 15.8 Å². The van der Waals surface area contributed by atoms with Gasteiger partial charge in [0.05, 0.1) is 12.2 Å². The van der Waals surface area contributed by atoms with Crippen LogP contribution in [0.4, 0.5) is 5.82 Å². The molecule has 0 bridgehead atoms. The number of nitrogens with zero attached hydrogens (tertiary/aromatic N) is 1. The SMILES string of the molecule is COCCNc1nc(C)ccc1C(N)=S. The second-order valence-electron chi connectivity index (χ2n) is 3.13. The summed E-state index contributed by atoms with van der Waals surface area (Å²) in [4.78, 5) is 4.68. The van der Waals surface area contributed by atoms with Crippen molar-refractivity contribution in [2.45, 2.75) is 6.92 Å². The van der Waals surface area contributed by atoms with Crippen molar-refractivity contribution in [2.24, 2.45) is 5.73 Å². The molecule has 0 saturated carbocycles. The molecule has 1 rings (SSSR count). The molecule has 0 spiro atoms. The third-order valence-electron chi connectivity index (χ3n) is 1.90. The van der Waals surface area contributed by atoms with Crippen molar-refractivity contribution >= 4 is 23.0 Å². The highest BCUT2D eigenvalue weighted by atomic mass is 32.1. The van der Waals surface area contributed by atoms with Crippen LogP contribution in [-0.4, -0.2) is 30.2 Å². The van der Waals surface area contributed by atoms with Crippen molar-refractivity contribution in [1.29, 1.82) is 0 Å². The molecule has 0 saturated heterocycles. The van der Waals surface area contributed by atoms with E-state index in [1.165, 1.54) is 0 Å². The molecule has 1 aromatic rings. The second-order valence-corrected chi connectivity index (χ2v) is 3.57. The van der Waals surface area contributed by atoms with Crippen LogP contribution in [0.2, 0.25) is 0 Å². The molecule has 5 heteroatoms. The molecule has 15 heavy (non-hydrogen) atoms. The molecule has 0 atom stereocenters. The Morgan fingerprint density at radius 2 is 2.33 bits per heavy atom. The van der Waals surface area contributed by atoms with E-state index in [0.717, 1.165) is 17.1 Å². The Bertz CT molecular complexity index is 355. The highest BCUT2D eigenvalue weighted by molar-refractivity contribution is 7.80. The average molecular weight is 225 g/mol. The van der Waals surface area contributed by atoms with Crippen molar-refractivity contribution in [3.63, 3.8) is 0 Å². The average Bonchev–Trinajstić information content (AvgIpc) is 2.18. The van der Waals surface area contributed by atoms with Gasteiger partial charge in [-0.25, -0.2) is 4.98 Å². The van der Waals surface area contributed by atoms with Gasteiger partial charge in [0.25, 0.3) is 0 Å². The van der Waals surface area contributed by atoms with Crippen LogP contribution in [-0.2, 0) is 4.74 Å². The van der Waals surface area contributed by atoms with Gasteiger partial charge in [0, 0.05) is 19.3 Å². The van der Waals surface area contributed by atoms with Crippen molar-refractivity contribution in [1.82, 2.24) is 4.98 Å². The Morgan fingerprint density at radius 1 is 1.60 bits per heavy atom. The first-order valence-electron chi connectivity index (χ1n) is 4.65. The first kappa shape index (κ1) is 11.9. The third-order valence-corrected chi connectivity index (χ3v) is 2.12. The van der Waals surface area contributed by atoms with Crippen molar-refractivity contribution in [3.8, 4) is 0 Å². The van der Waals surface area contributed by atoms with E-state index < -0.39 is 0 Å². The van der Waals surface area contributed by atoms with Gasteiger partial charge in [-0.1, -0.05) is 12.2 Å². The predicted molar refractivity (Wildman–Crippen MR) is 65.2 cm³/mol. The Balaban J connectivity index is 2.82. The Hall–Kier alpha value is -1.20. The van der Waals surface area contributed by atoms with E-state index in [1.807, 2.05) is 19.1 Å². The molecule has 0 aliphatic rings. The maximum absolute atomic E-state index is 5.59. The van der Waals surface area contributed by atoms with Crippen LogP contribution in [0, 0.1) is 6.92 Å². The predicted octanol–water partition coefficient (Wildman–Crippen LogP) is 1.08. The monoisotopic (exact) mass is 225 g/mol. The van der Waals surface area contributed by atoms with Gasteiger partial charge in [0.1, 0.15) is 10.8 Å². The summed E-state index contributed by atoms with van der Waals surface area (Å²) in [5.74, 6) is 0.722. The van der Waals surface area contributed by atoms with Crippen molar-refractivity contribution < 1.29 is 4.74 Å². The molecule has 1 aromatic heterocycles. The van der Waals surface area contributed by atoms with Crippen LogP contribution in [0.5, 0.6) is 0 Å². The van der Waals surface area contributed by atoms with Crippen LogP contribution in [0.3, 0.4) is 0 Å². The van der Waals surface area contributed by atoms with Crippen molar-refractivity contribution in [2.75, 3.05) is 25.6 Å². The van der Waals surface area contributed by atoms with Crippen LogP contribution in [0.15, 0.2) is 12.1 Å². The van der Waals surface area contributed by atoms with Crippen LogP contribution < -0.4 is 11.1 Å². The topological polar surface area (TPSA) is 60.2 Å². The lowest BCUT2D eigenvalue weighted by atomic mass is 10.2. The number of thiocarbonyl (C=S) groups is 1. The van der Waals surface area contributed by atoms with E-state index in [4.69, 9.17) is 22.7 Å². The largest absolute Gasteiger partial charge is 0.389 e. The van der Waals surface area contributed by atoms with Gasteiger partial charge in [0.15, 0.2) is 0 Å². The van der Waals surface area contributed by atoms with Crippen LogP contribution in [0.25, 0.3) is 0 Å². The minimum atomic E-state index is 0.349. The van der Waals surface area contributed by atoms with E-state index in [9.17, 15) is 0 Å². The maximum Gasteiger partial charge on any atom is 0.136 e. The first-order valence-corrected chi connectivity index (χ1v) is 5.06. The lowest BCUT2D eigenvalue weighted by Crippen LogP contribution is -2.17. The molecule has 3 N–H and O–H groups in total. The summed E-state index contributed by atoms with van der Waals surface area (Å²) in [5, 5.41) is 3.13. The lowest BCUT2D eigenvalue weighted by Gasteiger charge is -2.10. The number of aromatic nitrogens is 1. The van der Waals surface area contributed by atoms with Gasteiger partial charge in [-0.15, -0.1) is 0 Å². The molecule has 0 fully saturated rings. The molecular weight excluding hydrogens is 210 g/mol. The number of ether oxygens (including phenoxy) is 1. The van der Waals surface area contributed by atoms with Gasteiger partial charge in [-0.2, -0.15) is 0 Å². The smallest absolute Gasteiger partial charge is 0.136 e. The minimum absolute atomic E-state index is 0.349. The second kappa shape index (κ2) is 5.63. The number of nitrogens with one attached hydrogen (secondary N) is 1. The van der Waals surface area contributed by atoms with E-state index in [1.54, 1.807) is 7.11 Å². The molecule has 0 amide bonds. The van der Waals surface area contributed by atoms with Crippen LogP contribution in [0.1, 0.15) is 11.3 Å². The highest BCUT2D eigenvalue weighted by Crippen LogP contribution is 2.12. The summed E-state index contributed by atoms with van der Waals surface area (Å²) in [6.45, 7) is 3.22. The highest BCUT2D eigenvalue weighted by Gasteiger charge is 2.05. The summed E-state index contributed by atoms with van der Waals surface area (Å²) in [6, 6.07) is 3.76. The van der Waals surface area contributed by atoms with Crippen LogP contribution >= 0.6 is 12.2 Å². The summed E-state index contributed by atoms with van der Waals surface area (Å²) >= 11 is 4.94. The third kappa shape index (κ3) is 3.45.